The van der Waals surface area contributed by atoms with Gasteiger partial charge in [0.1, 0.15) is 0 Å². The van der Waals surface area contributed by atoms with Gasteiger partial charge in [-0.15, -0.1) is 0 Å². The van der Waals surface area contributed by atoms with Crippen LogP contribution >= 0.6 is 0 Å². The molecule has 0 atom stereocenters. The fourth-order valence-corrected chi connectivity index (χ4v) is 0.970. The zero-order valence-electron chi connectivity index (χ0n) is 8.30. The van der Waals surface area contributed by atoms with Crippen molar-refractivity contribution in [2.24, 2.45) is 0 Å². The molecule has 0 aliphatic heterocycles. The molecule has 0 saturated heterocycles. The topological polar surface area (TPSA) is 39.1 Å². The Labute approximate surface area is 75.4 Å². The maximum atomic E-state index is 8.67. The molecule has 0 aliphatic carbocycles. The van der Waals surface area contributed by atoms with Crippen LogP contribution in [-0.4, -0.2) is 30.6 Å². The molecular weight excluding hydrogens is 150 g/mol. The van der Waals surface area contributed by atoms with Crippen LogP contribution < -0.4 is 5.32 Å². The van der Waals surface area contributed by atoms with Crippen LogP contribution in [0.5, 0.6) is 0 Å². The second-order valence-electron chi connectivity index (χ2n) is 3.20. The summed E-state index contributed by atoms with van der Waals surface area (Å²) >= 11 is 0. The number of nitriles is 1. The van der Waals surface area contributed by atoms with Crippen LogP contribution in [0.2, 0.25) is 0 Å². The molecule has 0 amide bonds. The van der Waals surface area contributed by atoms with Gasteiger partial charge in [0.05, 0.1) is 0 Å². The molecule has 0 bridgehead atoms. The first-order valence-corrected chi connectivity index (χ1v) is 4.58. The third-order valence-electron chi connectivity index (χ3n) is 1.57. The molecule has 0 radical (unpaired) electrons. The molecule has 0 aliphatic rings. The average Bonchev–Trinajstić information content (AvgIpc) is 2.02. The summed E-state index contributed by atoms with van der Waals surface area (Å²) in [5.41, 5.74) is 0. The molecule has 1 N–H and O–H groups in total. The molecule has 3 heteroatoms. The number of hydrogen-bond acceptors (Lipinski definition) is 3. The maximum Gasteiger partial charge on any atom is 0.179 e. The lowest BCUT2D eigenvalue weighted by Crippen LogP contribution is -2.32. The summed E-state index contributed by atoms with van der Waals surface area (Å²) in [5.74, 6) is 0. The van der Waals surface area contributed by atoms with Gasteiger partial charge in [-0.25, -0.2) is 0 Å². The van der Waals surface area contributed by atoms with Gasteiger partial charge in [0.2, 0.25) is 0 Å². The molecule has 0 fully saturated rings. The van der Waals surface area contributed by atoms with Crippen LogP contribution in [0, 0.1) is 11.5 Å². The molecule has 0 rings (SSSR count). The quantitative estimate of drug-likeness (QED) is 0.479. The van der Waals surface area contributed by atoms with Crippen LogP contribution in [0.4, 0.5) is 0 Å². The normalized spacial score (nSPS) is 9.92. The Morgan fingerprint density at radius 3 is 2.50 bits per heavy atom. The zero-order chi connectivity index (χ0) is 9.40. The standard InChI is InChI=1S/C9H19N3/c1-4-6-12(8-10)7-5-11-9(2)3/h9,11H,4-7H2,1-3H3. The van der Waals surface area contributed by atoms with Crippen LogP contribution in [0.15, 0.2) is 0 Å². The summed E-state index contributed by atoms with van der Waals surface area (Å²) in [6, 6.07) is 0.507. The van der Waals surface area contributed by atoms with Crippen molar-refractivity contribution in [1.82, 2.24) is 10.2 Å². The fourth-order valence-electron chi connectivity index (χ4n) is 0.970. The lowest BCUT2D eigenvalue weighted by molar-refractivity contribution is 0.378. The van der Waals surface area contributed by atoms with Crippen molar-refractivity contribution in [2.45, 2.75) is 33.2 Å². The maximum absolute atomic E-state index is 8.67. The van der Waals surface area contributed by atoms with Gasteiger partial charge in [-0.3, -0.25) is 0 Å². The first kappa shape index (κ1) is 11.2. The van der Waals surface area contributed by atoms with Gasteiger partial charge in [-0.05, 0) is 6.42 Å². The van der Waals surface area contributed by atoms with E-state index < -0.39 is 0 Å². The first-order valence-electron chi connectivity index (χ1n) is 4.58. The highest BCUT2D eigenvalue weighted by atomic mass is 15.1. The van der Waals surface area contributed by atoms with E-state index in [4.69, 9.17) is 5.26 Å². The molecule has 0 spiro atoms. The van der Waals surface area contributed by atoms with Gasteiger partial charge in [-0.1, -0.05) is 20.8 Å². The fraction of sp³-hybridized carbons (Fsp3) is 0.889. The van der Waals surface area contributed by atoms with E-state index in [1.807, 2.05) is 0 Å². The van der Waals surface area contributed by atoms with E-state index in [1.165, 1.54) is 0 Å². The summed E-state index contributed by atoms with van der Waals surface area (Å²) < 4.78 is 0. The van der Waals surface area contributed by atoms with Gasteiger partial charge >= 0.3 is 0 Å². The van der Waals surface area contributed by atoms with E-state index in [0.29, 0.717) is 6.04 Å². The second kappa shape index (κ2) is 6.93. The molecule has 0 aromatic carbocycles. The predicted molar refractivity (Wildman–Crippen MR) is 50.6 cm³/mol. The van der Waals surface area contributed by atoms with Gasteiger partial charge in [-0.2, -0.15) is 5.26 Å². The lowest BCUT2D eigenvalue weighted by atomic mass is 10.4. The van der Waals surface area contributed by atoms with Crippen molar-refractivity contribution in [2.75, 3.05) is 19.6 Å². The van der Waals surface area contributed by atoms with Crippen molar-refractivity contribution in [3.63, 3.8) is 0 Å². The Morgan fingerprint density at radius 1 is 1.42 bits per heavy atom. The van der Waals surface area contributed by atoms with Gasteiger partial charge < -0.3 is 10.2 Å². The van der Waals surface area contributed by atoms with Crippen molar-refractivity contribution in [3.8, 4) is 6.19 Å². The van der Waals surface area contributed by atoms with Crippen LogP contribution in [0.1, 0.15) is 27.2 Å². The van der Waals surface area contributed by atoms with Gasteiger partial charge in [0.15, 0.2) is 6.19 Å². The number of nitrogens with one attached hydrogen (secondary N) is 1. The molecule has 0 aromatic rings. The van der Waals surface area contributed by atoms with Gasteiger partial charge in [0.25, 0.3) is 0 Å². The average molecular weight is 169 g/mol. The smallest absolute Gasteiger partial charge is 0.179 e. The van der Waals surface area contributed by atoms with Gasteiger partial charge in [0, 0.05) is 25.7 Å². The Hall–Kier alpha value is -0.750. The third kappa shape index (κ3) is 5.99. The minimum atomic E-state index is 0.507. The van der Waals surface area contributed by atoms with Crippen molar-refractivity contribution >= 4 is 0 Å². The summed E-state index contributed by atoms with van der Waals surface area (Å²) in [6.45, 7) is 8.89. The van der Waals surface area contributed by atoms with E-state index in [0.717, 1.165) is 26.1 Å². The van der Waals surface area contributed by atoms with Crippen molar-refractivity contribution in [1.29, 1.82) is 5.26 Å². The first-order chi connectivity index (χ1) is 5.70. The van der Waals surface area contributed by atoms with Crippen molar-refractivity contribution in [3.05, 3.63) is 0 Å². The van der Waals surface area contributed by atoms with Crippen molar-refractivity contribution < 1.29 is 0 Å². The molecule has 0 unspecified atom stereocenters. The van der Waals surface area contributed by atoms with Crippen LogP contribution in [0.3, 0.4) is 0 Å². The lowest BCUT2D eigenvalue weighted by Gasteiger charge is -2.15. The van der Waals surface area contributed by atoms with E-state index in [9.17, 15) is 0 Å². The molecule has 0 aromatic heterocycles. The Balaban J connectivity index is 3.40. The highest BCUT2D eigenvalue weighted by Crippen LogP contribution is 1.87. The molecule has 70 valence electrons. The molecule has 0 heterocycles. The Kier molecular flexibility index (Phi) is 6.50. The molecule has 3 nitrogen and oxygen atoms in total. The SMILES string of the molecule is CCCN(C#N)CCNC(C)C. The monoisotopic (exact) mass is 169 g/mol. The molecular formula is C9H19N3. The highest BCUT2D eigenvalue weighted by molar-refractivity contribution is 4.73. The third-order valence-corrected chi connectivity index (χ3v) is 1.57. The highest BCUT2D eigenvalue weighted by Gasteiger charge is 1.99. The molecule has 12 heavy (non-hydrogen) atoms. The summed E-state index contributed by atoms with van der Waals surface area (Å²) in [5, 5.41) is 11.9. The minimum Gasteiger partial charge on any atom is -0.313 e. The van der Waals surface area contributed by atoms with E-state index >= 15 is 0 Å². The van der Waals surface area contributed by atoms with E-state index in [1.54, 1.807) is 4.90 Å². The largest absolute Gasteiger partial charge is 0.313 e. The number of hydrogen-bond donors (Lipinski definition) is 1. The number of nitrogens with zero attached hydrogens (tertiary/aromatic N) is 2. The second-order valence-corrected chi connectivity index (χ2v) is 3.20. The predicted octanol–water partition coefficient (Wildman–Crippen LogP) is 1.18. The number of rotatable bonds is 6. The minimum absolute atomic E-state index is 0.507. The van der Waals surface area contributed by atoms with E-state index in [-0.39, 0.29) is 0 Å². The van der Waals surface area contributed by atoms with E-state index in [2.05, 4.69) is 32.3 Å². The Bertz CT molecular complexity index is 137. The summed E-state index contributed by atoms with van der Waals surface area (Å²) in [7, 11) is 0. The molecule has 0 saturated carbocycles. The summed E-state index contributed by atoms with van der Waals surface area (Å²) in [4.78, 5) is 1.79. The van der Waals surface area contributed by atoms with Crippen LogP contribution in [0.25, 0.3) is 0 Å². The van der Waals surface area contributed by atoms with Crippen LogP contribution in [-0.2, 0) is 0 Å². The Morgan fingerprint density at radius 2 is 2.08 bits per heavy atom. The summed E-state index contributed by atoms with van der Waals surface area (Å²) in [6.07, 6.45) is 3.21. The zero-order valence-corrected chi connectivity index (χ0v) is 8.30.